The van der Waals surface area contributed by atoms with E-state index in [1.54, 1.807) is 0 Å². The van der Waals surface area contributed by atoms with Crippen molar-refractivity contribution in [1.29, 1.82) is 0 Å². The summed E-state index contributed by atoms with van der Waals surface area (Å²) in [6.45, 7) is 0. The number of hydrogen-bond acceptors (Lipinski definition) is 0. The van der Waals surface area contributed by atoms with Crippen LogP contribution in [-0.2, 0) is 0 Å². The third kappa shape index (κ3) is 2.84. The second kappa shape index (κ2) is 4.49. The molecule has 1 aliphatic heterocycles. The number of hydrogen-bond donors (Lipinski definition) is 0. The molecule has 0 aliphatic carbocycles. The van der Waals surface area contributed by atoms with Crippen LogP contribution in [0.5, 0.6) is 0 Å². The van der Waals surface area contributed by atoms with E-state index in [0.29, 0.717) is 0 Å². The molecule has 0 saturated carbocycles. The Kier molecular flexibility index (Phi) is 4.30. The summed E-state index contributed by atoms with van der Waals surface area (Å²) in [5.41, 5.74) is 0. The van der Waals surface area contributed by atoms with E-state index < -0.39 is 11.0 Å². The predicted octanol–water partition coefficient (Wildman–Crippen LogP) is 3.91. The summed E-state index contributed by atoms with van der Waals surface area (Å²) >= 11 is 6.47. The van der Waals surface area contributed by atoms with Gasteiger partial charge in [-0.25, -0.2) is 0 Å². The van der Waals surface area contributed by atoms with Crippen LogP contribution in [0.2, 0.25) is 16.0 Å². The third-order valence-electron chi connectivity index (χ3n) is 1.96. The molecule has 0 amide bonds. The van der Waals surface area contributed by atoms with Gasteiger partial charge in [0, 0.05) is 0 Å². The first-order valence-corrected chi connectivity index (χ1v) is 12.6. The minimum atomic E-state index is -1.04. The first-order chi connectivity index (χ1) is 4.77. The van der Waals surface area contributed by atoms with E-state index in [2.05, 4.69) is 30.0 Å². The van der Waals surface area contributed by atoms with Gasteiger partial charge in [0.05, 0.1) is 0 Å². The van der Waals surface area contributed by atoms with Gasteiger partial charge in [0.2, 0.25) is 0 Å². The molecular formula is C7H14Br2Se. The molecule has 0 bridgehead atoms. The number of rotatable bonds is 2. The Labute approximate surface area is 81.2 Å². The molecule has 1 aliphatic rings. The van der Waals surface area contributed by atoms with Crippen LogP contribution in [0.4, 0.5) is 0 Å². The molecule has 1 rings (SSSR count). The fraction of sp³-hybridized carbons (Fsp3) is 1.00. The van der Waals surface area contributed by atoms with E-state index in [9.17, 15) is 0 Å². The summed E-state index contributed by atoms with van der Waals surface area (Å²) in [5.74, 6) is 0. The van der Waals surface area contributed by atoms with Crippen LogP contribution in [-0.4, -0.2) is 16.4 Å². The number of halogens is 2. The van der Waals surface area contributed by atoms with Gasteiger partial charge in [0.15, 0.2) is 0 Å². The summed E-state index contributed by atoms with van der Waals surface area (Å²) in [6, 6.07) is 0. The zero-order chi connectivity index (χ0) is 7.45. The summed E-state index contributed by atoms with van der Waals surface area (Å²) in [4.78, 5) is 0. The Morgan fingerprint density at radius 1 is 1.10 bits per heavy atom. The van der Waals surface area contributed by atoms with Gasteiger partial charge in [0.1, 0.15) is 0 Å². The Hall–Kier alpha value is 1.48. The van der Waals surface area contributed by atoms with E-state index in [0.717, 1.165) is 0 Å². The molecule has 0 aromatic heterocycles. The van der Waals surface area contributed by atoms with Crippen LogP contribution in [0.3, 0.4) is 0 Å². The van der Waals surface area contributed by atoms with Gasteiger partial charge in [0.25, 0.3) is 0 Å². The van der Waals surface area contributed by atoms with E-state index >= 15 is 0 Å². The fourth-order valence-electron chi connectivity index (χ4n) is 1.34. The molecule has 0 atom stereocenters. The van der Waals surface area contributed by atoms with E-state index in [1.807, 2.05) is 0 Å². The molecule has 0 spiro atoms. The SMILES string of the molecule is BrCC[Se]1(Br)CCCCC1. The van der Waals surface area contributed by atoms with Crippen LogP contribution < -0.4 is 0 Å². The van der Waals surface area contributed by atoms with E-state index in [-0.39, 0.29) is 0 Å². The molecule has 1 saturated heterocycles. The van der Waals surface area contributed by atoms with Crippen LogP contribution in [0.25, 0.3) is 0 Å². The first kappa shape index (κ1) is 9.57. The normalized spacial score (nSPS) is 27.8. The van der Waals surface area contributed by atoms with Crippen molar-refractivity contribution in [1.82, 2.24) is 0 Å². The van der Waals surface area contributed by atoms with Crippen LogP contribution >= 0.6 is 30.0 Å². The van der Waals surface area contributed by atoms with Crippen LogP contribution in [0, 0.1) is 0 Å². The monoisotopic (exact) mass is 336 g/mol. The van der Waals surface area contributed by atoms with E-state index in [4.69, 9.17) is 0 Å². The van der Waals surface area contributed by atoms with E-state index in [1.165, 1.54) is 40.6 Å². The fourth-order valence-corrected chi connectivity index (χ4v) is 14.9. The van der Waals surface area contributed by atoms with Gasteiger partial charge in [-0.1, -0.05) is 0 Å². The second-order valence-electron chi connectivity index (χ2n) is 2.80. The molecule has 0 radical (unpaired) electrons. The molecule has 0 unspecified atom stereocenters. The Morgan fingerprint density at radius 2 is 1.70 bits per heavy atom. The predicted molar refractivity (Wildman–Crippen MR) is 56.7 cm³/mol. The van der Waals surface area contributed by atoms with Crippen molar-refractivity contribution in [3.05, 3.63) is 0 Å². The molecular weight excluding hydrogens is 323 g/mol. The van der Waals surface area contributed by atoms with Gasteiger partial charge in [-0.3, -0.25) is 0 Å². The molecule has 0 N–H and O–H groups in total. The van der Waals surface area contributed by atoms with Crippen molar-refractivity contribution < 1.29 is 0 Å². The summed E-state index contributed by atoms with van der Waals surface area (Å²) in [5, 5.41) is 5.71. The summed E-state index contributed by atoms with van der Waals surface area (Å²) in [6.07, 6.45) is 4.45. The van der Waals surface area contributed by atoms with Crippen molar-refractivity contribution >= 4 is 41.1 Å². The van der Waals surface area contributed by atoms with Gasteiger partial charge in [-0.2, -0.15) is 0 Å². The molecule has 1 fully saturated rings. The molecule has 3 heteroatoms. The summed E-state index contributed by atoms with van der Waals surface area (Å²) < 4.78 is 0. The van der Waals surface area contributed by atoms with Crippen molar-refractivity contribution in [2.75, 3.05) is 5.33 Å². The van der Waals surface area contributed by atoms with Crippen molar-refractivity contribution in [2.45, 2.75) is 35.2 Å². The Morgan fingerprint density at radius 3 is 2.20 bits per heavy atom. The van der Waals surface area contributed by atoms with Gasteiger partial charge in [-0.05, 0) is 0 Å². The Bertz CT molecular complexity index is 94.3. The maximum atomic E-state index is 3.98. The average Bonchev–Trinajstić information content (AvgIpc) is 1.89. The first-order valence-electron chi connectivity index (χ1n) is 3.79. The average molecular weight is 337 g/mol. The minimum absolute atomic E-state index is 1.04. The zero-order valence-corrected chi connectivity index (χ0v) is 11.0. The van der Waals surface area contributed by atoms with Crippen molar-refractivity contribution in [3.8, 4) is 0 Å². The molecule has 0 aromatic rings. The summed E-state index contributed by atoms with van der Waals surface area (Å²) in [7, 11) is 0. The van der Waals surface area contributed by atoms with Crippen molar-refractivity contribution in [3.63, 3.8) is 0 Å². The molecule has 0 nitrogen and oxygen atoms in total. The molecule has 1 heterocycles. The van der Waals surface area contributed by atoms with Crippen LogP contribution in [0.15, 0.2) is 0 Å². The molecule has 0 aromatic carbocycles. The van der Waals surface area contributed by atoms with Gasteiger partial charge >= 0.3 is 81.6 Å². The van der Waals surface area contributed by atoms with Gasteiger partial charge in [-0.15, -0.1) is 0 Å². The Balaban J connectivity index is 2.32. The zero-order valence-electron chi connectivity index (χ0n) is 6.11. The van der Waals surface area contributed by atoms with Crippen LogP contribution in [0.1, 0.15) is 19.3 Å². The van der Waals surface area contributed by atoms with Crippen molar-refractivity contribution in [2.24, 2.45) is 0 Å². The number of alkyl halides is 1. The topological polar surface area (TPSA) is 0 Å². The quantitative estimate of drug-likeness (QED) is 0.530. The maximum absolute atomic E-state index is 3.98. The molecule has 62 valence electrons. The molecule has 10 heavy (non-hydrogen) atoms. The third-order valence-corrected chi connectivity index (χ3v) is 14.8. The second-order valence-corrected chi connectivity index (χ2v) is 17.2. The van der Waals surface area contributed by atoms with Gasteiger partial charge < -0.3 is 0 Å². The standard InChI is InChI=1S/C7H14Br2Se/c8-4-7-10(9)5-2-1-3-6-10/h1-7H2.